The SMILES string of the molecule is CCc1nc2cccn(Cc3ccc(-c4ccccc4)c(C#N)c3)c-2n1. The van der Waals surface area contributed by atoms with Gasteiger partial charge in [-0.15, -0.1) is 0 Å². The molecule has 4 nitrogen and oxygen atoms in total. The lowest BCUT2D eigenvalue weighted by molar-refractivity contribution is 0.782. The van der Waals surface area contributed by atoms with Crippen LogP contribution in [-0.2, 0) is 13.0 Å². The molecular formula is C22H18N4. The van der Waals surface area contributed by atoms with Gasteiger partial charge in [0, 0.05) is 19.2 Å². The Balaban J connectivity index is 1.70. The molecule has 0 bridgehead atoms. The Kier molecular flexibility index (Phi) is 4.20. The Morgan fingerprint density at radius 2 is 1.85 bits per heavy atom. The van der Waals surface area contributed by atoms with Crippen molar-refractivity contribution in [2.24, 2.45) is 0 Å². The van der Waals surface area contributed by atoms with Crippen molar-refractivity contribution in [2.45, 2.75) is 19.9 Å². The molecular weight excluding hydrogens is 320 g/mol. The number of pyridine rings is 1. The second-order valence-corrected chi connectivity index (χ2v) is 6.20. The lowest BCUT2D eigenvalue weighted by Gasteiger charge is -2.12. The zero-order valence-electron chi connectivity index (χ0n) is 14.6. The lowest BCUT2D eigenvalue weighted by Crippen LogP contribution is -2.05. The third-order valence-corrected chi connectivity index (χ3v) is 4.46. The Morgan fingerprint density at radius 3 is 2.62 bits per heavy atom. The molecule has 2 aliphatic rings. The van der Waals surface area contributed by atoms with Crippen LogP contribution in [0.25, 0.3) is 22.6 Å². The van der Waals surface area contributed by atoms with E-state index in [9.17, 15) is 5.26 Å². The zero-order valence-corrected chi connectivity index (χ0v) is 14.6. The maximum Gasteiger partial charge on any atom is 0.161 e. The Bertz CT molecular complexity index is 1060. The second-order valence-electron chi connectivity index (χ2n) is 6.20. The van der Waals surface area contributed by atoms with Gasteiger partial charge >= 0.3 is 0 Å². The zero-order chi connectivity index (χ0) is 17.9. The fourth-order valence-electron chi connectivity index (χ4n) is 3.16. The number of aryl methyl sites for hydroxylation is 1. The average molecular weight is 338 g/mol. The van der Waals surface area contributed by atoms with Crippen LogP contribution in [0.1, 0.15) is 23.9 Å². The van der Waals surface area contributed by atoms with Crippen LogP contribution in [0.4, 0.5) is 0 Å². The summed E-state index contributed by atoms with van der Waals surface area (Å²) in [4.78, 5) is 9.16. The van der Waals surface area contributed by atoms with Crippen molar-refractivity contribution in [1.82, 2.24) is 14.5 Å². The molecule has 2 aromatic rings. The first-order chi connectivity index (χ1) is 12.8. The molecule has 0 aliphatic carbocycles. The normalized spacial score (nSPS) is 10.8. The number of rotatable bonds is 4. The number of nitriles is 1. The van der Waals surface area contributed by atoms with Crippen LogP contribution < -0.4 is 0 Å². The summed E-state index contributed by atoms with van der Waals surface area (Å²) in [5, 5.41) is 9.60. The molecule has 0 aromatic heterocycles. The molecule has 4 heteroatoms. The van der Waals surface area contributed by atoms with Gasteiger partial charge in [-0.3, -0.25) is 0 Å². The van der Waals surface area contributed by atoms with Crippen LogP contribution in [-0.4, -0.2) is 14.5 Å². The van der Waals surface area contributed by atoms with Gasteiger partial charge in [-0.2, -0.15) is 5.26 Å². The number of fused-ring (bicyclic) bond motifs is 1. The Hall–Kier alpha value is -3.45. The van der Waals surface area contributed by atoms with Crippen molar-refractivity contribution >= 4 is 0 Å². The van der Waals surface area contributed by atoms with Crippen molar-refractivity contribution in [1.29, 1.82) is 5.26 Å². The Morgan fingerprint density at radius 1 is 1.00 bits per heavy atom. The van der Waals surface area contributed by atoms with Gasteiger partial charge in [0.1, 0.15) is 11.5 Å². The number of imidazole rings is 1. The summed E-state index contributed by atoms with van der Waals surface area (Å²) in [6.07, 6.45) is 2.83. The molecule has 0 unspecified atom stereocenters. The maximum atomic E-state index is 9.60. The standard InChI is InChI=1S/C22H18N4/c1-2-21-24-20-9-6-12-26(22(20)25-21)15-16-10-11-19(18(13-16)14-23)17-7-4-3-5-8-17/h3-13H,2,15H2,1H3. The van der Waals surface area contributed by atoms with E-state index in [-0.39, 0.29) is 0 Å². The van der Waals surface area contributed by atoms with Crippen LogP contribution >= 0.6 is 0 Å². The van der Waals surface area contributed by atoms with E-state index in [1.54, 1.807) is 0 Å². The van der Waals surface area contributed by atoms with Crippen molar-refractivity contribution in [3.05, 3.63) is 83.8 Å². The van der Waals surface area contributed by atoms with Gasteiger partial charge in [-0.1, -0.05) is 49.4 Å². The summed E-state index contributed by atoms with van der Waals surface area (Å²) in [6, 6.07) is 22.4. The van der Waals surface area contributed by atoms with Crippen molar-refractivity contribution in [3.63, 3.8) is 0 Å². The fourth-order valence-corrected chi connectivity index (χ4v) is 3.16. The first-order valence-electron chi connectivity index (χ1n) is 8.68. The van der Waals surface area contributed by atoms with Crippen LogP contribution in [0.5, 0.6) is 0 Å². The molecule has 2 aromatic carbocycles. The predicted molar refractivity (Wildman–Crippen MR) is 102 cm³/mol. The highest BCUT2D eigenvalue weighted by Gasteiger charge is 2.14. The molecule has 0 saturated heterocycles. The monoisotopic (exact) mass is 338 g/mol. The summed E-state index contributed by atoms with van der Waals surface area (Å²) in [6.45, 7) is 2.71. The highest BCUT2D eigenvalue weighted by molar-refractivity contribution is 5.70. The van der Waals surface area contributed by atoms with E-state index in [4.69, 9.17) is 0 Å². The molecule has 0 amide bonds. The van der Waals surface area contributed by atoms with Crippen LogP contribution in [0.15, 0.2) is 66.9 Å². The fraction of sp³-hybridized carbons (Fsp3) is 0.136. The highest BCUT2D eigenvalue weighted by Crippen LogP contribution is 2.25. The van der Waals surface area contributed by atoms with Gasteiger partial charge in [-0.05, 0) is 34.9 Å². The van der Waals surface area contributed by atoms with E-state index in [1.807, 2.05) is 60.8 Å². The highest BCUT2D eigenvalue weighted by atomic mass is 15.1. The van der Waals surface area contributed by atoms with E-state index in [0.29, 0.717) is 12.1 Å². The molecule has 2 aliphatic heterocycles. The number of aromatic nitrogens is 3. The minimum Gasteiger partial charge on any atom is -0.327 e. The first kappa shape index (κ1) is 16.0. The average Bonchev–Trinajstić information content (AvgIpc) is 3.13. The molecule has 0 fully saturated rings. The van der Waals surface area contributed by atoms with E-state index in [0.717, 1.165) is 40.5 Å². The maximum absolute atomic E-state index is 9.60. The van der Waals surface area contributed by atoms with Crippen molar-refractivity contribution in [2.75, 3.05) is 0 Å². The smallest absolute Gasteiger partial charge is 0.161 e. The number of benzene rings is 2. The number of hydrogen-bond donors (Lipinski definition) is 0. The molecule has 26 heavy (non-hydrogen) atoms. The third kappa shape index (κ3) is 2.96. The minimum atomic E-state index is 0.656. The minimum absolute atomic E-state index is 0.656. The summed E-state index contributed by atoms with van der Waals surface area (Å²) in [5.74, 6) is 1.74. The van der Waals surface area contributed by atoms with Gasteiger partial charge in [0.25, 0.3) is 0 Å². The molecule has 0 N–H and O–H groups in total. The Labute approximate surface area is 152 Å². The second kappa shape index (κ2) is 6.81. The molecule has 0 radical (unpaired) electrons. The predicted octanol–water partition coefficient (Wildman–Crippen LogP) is 4.53. The summed E-state index contributed by atoms with van der Waals surface area (Å²) < 4.78 is 2.08. The van der Waals surface area contributed by atoms with Gasteiger partial charge in [0.15, 0.2) is 5.82 Å². The molecule has 0 saturated carbocycles. The first-order valence-corrected chi connectivity index (χ1v) is 8.68. The van der Waals surface area contributed by atoms with Gasteiger partial charge in [0.2, 0.25) is 0 Å². The van der Waals surface area contributed by atoms with Gasteiger partial charge < -0.3 is 4.57 Å². The van der Waals surface area contributed by atoms with Gasteiger partial charge in [-0.25, -0.2) is 9.97 Å². The summed E-state index contributed by atoms with van der Waals surface area (Å²) >= 11 is 0. The third-order valence-electron chi connectivity index (χ3n) is 4.46. The van der Waals surface area contributed by atoms with Crippen LogP contribution in [0.2, 0.25) is 0 Å². The molecule has 126 valence electrons. The van der Waals surface area contributed by atoms with Gasteiger partial charge in [0.05, 0.1) is 11.6 Å². The van der Waals surface area contributed by atoms with E-state index in [1.165, 1.54) is 0 Å². The molecule has 0 atom stereocenters. The molecule has 0 spiro atoms. The van der Waals surface area contributed by atoms with Crippen LogP contribution in [0.3, 0.4) is 0 Å². The van der Waals surface area contributed by atoms with E-state index < -0.39 is 0 Å². The number of hydrogen-bond acceptors (Lipinski definition) is 3. The quantitative estimate of drug-likeness (QED) is 0.549. The van der Waals surface area contributed by atoms with E-state index in [2.05, 4.69) is 33.6 Å². The van der Waals surface area contributed by atoms with Crippen molar-refractivity contribution < 1.29 is 0 Å². The lowest BCUT2D eigenvalue weighted by atomic mass is 9.98. The van der Waals surface area contributed by atoms with Crippen molar-refractivity contribution in [3.8, 4) is 28.7 Å². The molecule has 4 rings (SSSR count). The topological polar surface area (TPSA) is 54.5 Å². The molecule has 2 heterocycles. The van der Waals surface area contributed by atoms with E-state index >= 15 is 0 Å². The number of nitrogens with zero attached hydrogens (tertiary/aromatic N) is 4. The summed E-state index contributed by atoms with van der Waals surface area (Å²) in [7, 11) is 0. The van der Waals surface area contributed by atoms with Crippen LogP contribution in [0, 0.1) is 11.3 Å². The summed E-state index contributed by atoms with van der Waals surface area (Å²) in [5.41, 5.74) is 4.68. The largest absolute Gasteiger partial charge is 0.327 e.